The van der Waals surface area contributed by atoms with Crippen molar-refractivity contribution < 1.29 is 18.0 Å². The summed E-state index contributed by atoms with van der Waals surface area (Å²) in [5.74, 6) is -0.153. The molecule has 21 heavy (non-hydrogen) atoms. The Balaban J connectivity index is 1.92. The second kappa shape index (κ2) is 5.32. The molecule has 0 radical (unpaired) electrons. The molecule has 1 unspecified atom stereocenters. The van der Waals surface area contributed by atoms with Gasteiger partial charge in [-0.1, -0.05) is 0 Å². The van der Waals surface area contributed by atoms with Crippen LogP contribution < -0.4 is 4.46 Å². The fourth-order valence-corrected chi connectivity index (χ4v) is 4.88. The summed E-state index contributed by atoms with van der Waals surface area (Å²) in [6.07, 6.45) is -4.21. The molecule has 3 rings (SSSR count). The van der Waals surface area contributed by atoms with Crippen molar-refractivity contribution in [1.82, 2.24) is 0 Å². The zero-order chi connectivity index (χ0) is 15.0. The number of carbonyl (C=O) groups excluding carboxylic acids is 1. The van der Waals surface area contributed by atoms with Gasteiger partial charge in [-0.3, -0.25) is 0 Å². The normalized spacial score (nSPS) is 17.9. The van der Waals surface area contributed by atoms with Crippen molar-refractivity contribution in [3.05, 3.63) is 65.2 Å². The van der Waals surface area contributed by atoms with Gasteiger partial charge in [-0.15, -0.1) is 0 Å². The summed E-state index contributed by atoms with van der Waals surface area (Å²) in [7, 11) is 0. The van der Waals surface area contributed by atoms with Gasteiger partial charge in [0.05, 0.1) is 0 Å². The summed E-state index contributed by atoms with van der Waals surface area (Å²) in [4.78, 5) is 12.0. The molecular formula is C16H11F3OSe. The molecular weight excluding hydrogens is 344 g/mol. The fourth-order valence-electron chi connectivity index (χ4n) is 2.51. The van der Waals surface area contributed by atoms with Gasteiger partial charge in [-0.2, -0.15) is 0 Å². The Hall–Kier alpha value is -1.58. The number of halogens is 3. The van der Waals surface area contributed by atoms with Gasteiger partial charge >= 0.3 is 126 Å². The molecule has 1 aliphatic rings. The monoisotopic (exact) mass is 356 g/mol. The molecule has 0 N–H and O–H groups in total. The first-order valence-electron chi connectivity index (χ1n) is 6.42. The fraction of sp³-hybridized carbons (Fsp3) is 0.188. The van der Waals surface area contributed by atoms with Crippen LogP contribution in [0.3, 0.4) is 0 Å². The van der Waals surface area contributed by atoms with Crippen LogP contribution in [-0.2, 0) is 12.6 Å². The third kappa shape index (κ3) is 2.76. The van der Waals surface area contributed by atoms with E-state index in [0.717, 1.165) is 10.5 Å². The summed E-state index contributed by atoms with van der Waals surface area (Å²) < 4.78 is 40.1. The van der Waals surface area contributed by atoms with Crippen molar-refractivity contribution in [3.63, 3.8) is 0 Å². The Labute approximate surface area is 126 Å². The SMILES string of the molecule is O=C1c2cccc(C(F)(F)F)c2CC1[Se]c1ccccc1. The van der Waals surface area contributed by atoms with Crippen LogP contribution in [0.2, 0.25) is 4.82 Å². The van der Waals surface area contributed by atoms with Crippen LogP contribution in [0.25, 0.3) is 0 Å². The van der Waals surface area contributed by atoms with Gasteiger partial charge in [0.1, 0.15) is 0 Å². The van der Waals surface area contributed by atoms with E-state index in [1.165, 1.54) is 12.1 Å². The van der Waals surface area contributed by atoms with E-state index in [0.29, 0.717) is 0 Å². The van der Waals surface area contributed by atoms with Crippen LogP contribution in [0, 0.1) is 0 Å². The topological polar surface area (TPSA) is 17.1 Å². The summed E-state index contributed by atoms with van der Waals surface area (Å²) in [6, 6.07) is 13.4. The van der Waals surface area contributed by atoms with Crippen LogP contribution >= 0.6 is 0 Å². The molecule has 0 saturated heterocycles. The Morgan fingerprint density at radius 3 is 2.38 bits per heavy atom. The zero-order valence-electron chi connectivity index (χ0n) is 10.9. The molecule has 0 aliphatic heterocycles. The molecule has 2 aromatic rings. The van der Waals surface area contributed by atoms with Gasteiger partial charge in [-0.05, 0) is 0 Å². The van der Waals surface area contributed by atoms with Gasteiger partial charge in [0.25, 0.3) is 0 Å². The molecule has 5 heteroatoms. The number of Topliss-reactive ketones (excluding diaryl/α,β-unsaturated/α-hetero) is 1. The number of fused-ring (bicyclic) bond motifs is 1. The predicted molar refractivity (Wildman–Crippen MR) is 75.1 cm³/mol. The molecule has 0 heterocycles. The third-order valence-electron chi connectivity index (χ3n) is 3.45. The van der Waals surface area contributed by atoms with Crippen molar-refractivity contribution in [2.45, 2.75) is 17.4 Å². The van der Waals surface area contributed by atoms with E-state index in [9.17, 15) is 18.0 Å². The first-order valence-corrected chi connectivity index (χ1v) is 8.26. The maximum atomic E-state index is 13.0. The van der Waals surface area contributed by atoms with E-state index in [4.69, 9.17) is 0 Å². The van der Waals surface area contributed by atoms with Gasteiger partial charge in [0, 0.05) is 0 Å². The number of carbonyl (C=O) groups is 1. The van der Waals surface area contributed by atoms with Crippen molar-refractivity contribution >= 4 is 25.2 Å². The molecule has 0 amide bonds. The predicted octanol–water partition coefficient (Wildman–Crippen LogP) is 3.26. The quantitative estimate of drug-likeness (QED) is 0.756. The van der Waals surface area contributed by atoms with Crippen LogP contribution in [0.1, 0.15) is 21.5 Å². The van der Waals surface area contributed by atoms with E-state index >= 15 is 0 Å². The molecule has 1 atom stereocenters. The van der Waals surface area contributed by atoms with Crippen molar-refractivity contribution in [2.24, 2.45) is 0 Å². The van der Waals surface area contributed by atoms with Crippen LogP contribution in [0.4, 0.5) is 13.2 Å². The summed E-state index contributed by atoms with van der Waals surface area (Å²) in [5.41, 5.74) is -0.259. The number of alkyl halides is 3. The van der Waals surface area contributed by atoms with Crippen LogP contribution in [0.15, 0.2) is 48.5 Å². The van der Waals surface area contributed by atoms with Gasteiger partial charge in [0.15, 0.2) is 0 Å². The van der Waals surface area contributed by atoms with Crippen molar-refractivity contribution in [2.75, 3.05) is 0 Å². The van der Waals surface area contributed by atoms with E-state index in [1.54, 1.807) is 0 Å². The Bertz CT molecular complexity index is 680. The average Bonchev–Trinajstić information content (AvgIpc) is 2.76. The number of benzene rings is 2. The van der Waals surface area contributed by atoms with E-state index in [1.807, 2.05) is 30.3 Å². The molecule has 2 aromatic carbocycles. The standard InChI is InChI=1S/C16H11F3OSe/c17-16(18,19)13-8-4-7-11-12(13)9-14(15(11)20)21-10-5-2-1-3-6-10/h1-8,14H,9H2. The second-order valence-electron chi connectivity index (χ2n) is 4.82. The van der Waals surface area contributed by atoms with Crippen molar-refractivity contribution in [1.29, 1.82) is 0 Å². The van der Waals surface area contributed by atoms with Crippen LogP contribution in [0.5, 0.6) is 0 Å². The molecule has 0 aromatic heterocycles. The molecule has 108 valence electrons. The van der Waals surface area contributed by atoms with Gasteiger partial charge in [-0.25, -0.2) is 0 Å². The minimum atomic E-state index is -4.40. The first-order chi connectivity index (χ1) is 9.97. The van der Waals surface area contributed by atoms with Gasteiger partial charge in [0.2, 0.25) is 0 Å². The molecule has 0 bridgehead atoms. The summed E-state index contributed by atoms with van der Waals surface area (Å²) in [5, 5.41) is 0. The summed E-state index contributed by atoms with van der Waals surface area (Å²) >= 11 is -0.153. The maximum absolute atomic E-state index is 13.0. The van der Waals surface area contributed by atoms with E-state index in [2.05, 4.69) is 0 Å². The molecule has 0 saturated carbocycles. The van der Waals surface area contributed by atoms with Crippen molar-refractivity contribution in [3.8, 4) is 0 Å². The first kappa shape index (κ1) is 14.4. The molecule has 0 spiro atoms. The van der Waals surface area contributed by atoms with E-state index in [-0.39, 0.29) is 43.1 Å². The second-order valence-corrected chi connectivity index (χ2v) is 7.49. The van der Waals surface area contributed by atoms with E-state index < -0.39 is 11.7 Å². The number of hydrogen-bond donors (Lipinski definition) is 0. The Kier molecular flexibility index (Phi) is 3.64. The number of rotatable bonds is 2. The Morgan fingerprint density at radius 1 is 1.00 bits per heavy atom. The third-order valence-corrected chi connectivity index (χ3v) is 5.99. The minimum absolute atomic E-state index is 0.153. The summed E-state index contributed by atoms with van der Waals surface area (Å²) in [6.45, 7) is 0. The average molecular weight is 355 g/mol. The van der Waals surface area contributed by atoms with Crippen LogP contribution in [-0.4, -0.2) is 20.7 Å². The molecule has 0 fully saturated rings. The number of ketones is 1. The molecule has 1 aliphatic carbocycles. The molecule has 1 nitrogen and oxygen atoms in total. The van der Waals surface area contributed by atoms with Gasteiger partial charge < -0.3 is 0 Å². The zero-order valence-corrected chi connectivity index (χ0v) is 12.6. The Morgan fingerprint density at radius 2 is 1.71 bits per heavy atom. The number of hydrogen-bond acceptors (Lipinski definition) is 1.